The molecule has 25 heavy (non-hydrogen) atoms. The van der Waals surface area contributed by atoms with Gasteiger partial charge >= 0.3 is 6.18 Å². The van der Waals surface area contributed by atoms with Gasteiger partial charge in [-0.25, -0.2) is 4.39 Å². The van der Waals surface area contributed by atoms with Gasteiger partial charge in [0, 0.05) is 10.6 Å². The van der Waals surface area contributed by atoms with Crippen LogP contribution in [0.2, 0.25) is 5.02 Å². The molecule has 0 fully saturated rings. The maximum Gasteiger partial charge on any atom is 0.416 e. The Morgan fingerprint density at radius 2 is 1.92 bits per heavy atom. The zero-order chi connectivity index (χ0) is 18.0. The lowest BCUT2D eigenvalue weighted by Gasteiger charge is -2.06. The van der Waals surface area contributed by atoms with Crippen molar-refractivity contribution >= 4 is 11.6 Å². The minimum absolute atomic E-state index is 0.0572. The predicted octanol–water partition coefficient (Wildman–Crippen LogP) is 5.13. The fourth-order valence-corrected chi connectivity index (χ4v) is 2.15. The number of hydrogen-bond donors (Lipinski definition) is 0. The summed E-state index contributed by atoms with van der Waals surface area (Å²) in [5, 5.41) is 3.82. The van der Waals surface area contributed by atoms with Gasteiger partial charge in [0.2, 0.25) is 5.82 Å². The van der Waals surface area contributed by atoms with Crippen LogP contribution in [-0.4, -0.2) is 10.1 Å². The third-order valence-corrected chi connectivity index (χ3v) is 3.39. The Hall–Kier alpha value is -2.61. The fraction of sp³-hybridized carbons (Fsp3) is 0.125. The van der Waals surface area contributed by atoms with Gasteiger partial charge in [0.15, 0.2) is 18.2 Å². The van der Waals surface area contributed by atoms with Crippen LogP contribution in [0, 0.1) is 5.82 Å². The molecule has 0 aliphatic carbocycles. The number of rotatable bonds is 4. The van der Waals surface area contributed by atoms with Gasteiger partial charge in [-0.2, -0.15) is 18.2 Å². The molecule has 9 heteroatoms. The molecule has 3 rings (SSSR count). The molecule has 0 amide bonds. The van der Waals surface area contributed by atoms with E-state index in [1.807, 2.05) is 0 Å². The van der Waals surface area contributed by atoms with E-state index in [9.17, 15) is 17.6 Å². The highest BCUT2D eigenvalue weighted by molar-refractivity contribution is 6.30. The van der Waals surface area contributed by atoms with Crippen LogP contribution in [0.5, 0.6) is 5.75 Å². The Balaban J connectivity index is 1.74. The third kappa shape index (κ3) is 4.08. The molecular formula is C16H9ClF4N2O2. The van der Waals surface area contributed by atoms with E-state index in [4.69, 9.17) is 20.9 Å². The van der Waals surface area contributed by atoms with Crippen molar-refractivity contribution in [1.29, 1.82) is 0 Å². The van der Waals surface area contributed by atoms with Crippen molar-refractivity contribution in [3.8, 4) is 17.2 Å². The molecule has 0 saturated carbocycles. The molecule has 0 saturated heterocycles. The van der Waals surface area contributed by atoms with Crippen molar-refractivity contribution in [2.24, 2.45) is 0 Å². The first-order valence-electron chi connectivity index (χ1n) is 6.91. The van der Waals surface area contributed by atoms with E-state index in [0.717, 1.165) is 18.2 Å². The van der Waals surface area contributed by atoms with Crippen LogP contribution in [-0.2, 0) is 12.8 Å². The summed E-state index contributed by atoms with van der Waals surface area (Å²) >= 11 is 5.63. The topological polar surface area (TPSA) is 48.2 Å². The number of benzene rings is 2. The van der Waals surface area contributed by atoms with E-state index < -0.39 is 17.6 Å². The average Bonchev–Trinajstić information content (AvgIpc) is 3.02. The summed E-state index contributed by atoms with van der Waals surface area (Å²) in [7, 11) is 0. The van der Waals surface area contributed by atoms with Crippen molar-refractivity contribution in [3.05, 3.63) is 64.7 Å². The first kappa shape index (κ1) is 17.2. The Morgan fingerprint density at radius 1 is 1.12 bits per heavy atom. The standard InChI is InChI=1S/C16H9ClF4N2O2/c17-11-4-5-13(12(18)7-11)24-8-14-22-15(25-23-14)9-2-1-3-10(6-9)16(19,20)21/h1-7H,8H2. The van der Waals surface area contributed by atoms with Crippen molar-refractivity contribution in [2.75, 3.05) is 0 Å². The summed E-state index contributed by atoms with van der Waals surface area (Å²) in [5.74, 6) is -0.757. The first-order chi connectivity index (χ1) is 11.8. The Labute approximate surface area is 144 Å². The normalized spacial score (nSPS) is 11.6. The second-order valence-corrected chi connectivity index (χ2v) is 5.39. The number of halogens is 5. The van der Waals surface area contributed by atoms with Crippen LogP contribution in [0.1, 0.15) is 11.4 Å². The van der Waals surface area contributed by atoms with Gasteiger partial charge in [-0.1, -0.05) is 22.8 Å². The van der Waals surface area contributed by atoms with Gasteiger partial charge < -0.3 is 9.26 Å². The van der Waals surface area contributed by atoms with E-state index in [1.165, 1.54) is 24.3 Å². The summed E-state index contributed by atoms with van der Waals surface area (Å²) in [4.78, 5) is 3.95. The van der Waals surface area contributed by atoms with E-state index in [1.54, 1.807) is 0 Å². The SMILES string of the molecule is Fc1cc(Cl)ccc1OCc1noc(-c2cccc(C(F)(F)F)c2)n1. The minimum Gasteiger partial charge on any atom is -0.482 e. The van der Waals surface area contributed by atoms with E-state index in [2.05, 4.69) is 10.1 Å². The average molecular weight is 373 g/mol. The Kier molecular flexibility index (Phi) is 4.63. The predicted molar refractivity (Wildman–Crippen MR) is 80.5 cm³/mol. The van der Waals surface area contributed by atoms with Gasteiger partial charge in [-0.3, -0.25) is 0 Å². The van der Waals surface area contributed by atoms with Crippen molar-refractivity contribution in [2.45, 2.75) is 12.8 Å². The largest absolute Gasteiger partial charge is 0.482 e. The molecule has 0 spiro atoms. The zero-order valence-electron chi connectivity index (χ0n) is 12.3. The van der Waals surface area contributed by atoms with Crippen molar-refractivity contribution in [3.63, 3.8) is 0 Å². The summed E-state index contributed by atoms with van der Waals surface area (Å²) < 4.78 is 61.9. The summed E-state index contributed by atoms with van der Waals surface area (Å²) in [5.41, 5.74) is -0.713. The first-order valence-corrected chi connectivity index (χ1v) is 7.29. The molecule has 0 bridgehead atoms. The molecule has 0 aliphatic rings. The fourth-order valence-electron chi connectivity index (χ4n) is 1.99. The second-order valence-electron chi connectivity index (χ2n) is 4.96. The highest BCUT2D eigenvalue weighted by Gasteiger charge is 2.30. The molecule has 3 aromatic rings. The number of aromatic nitrogens is 2. The van der Waals surface area contributed by atoms with Gasteiger partial charge in [-0.05, 0) is 36.4 Å². The molecular weight excluding hydrogens is 364 g/mol. The number of alkyl halides is 3. The van der Waals surface area contributed by atoms with Crippen LogP contribution in [0.3, 0.4) is 0 Å². The molecule has 2 aromatic carbocycles. The second kappa shape index (κ2) is 6.72. The van der Waals surface area contributed by atoms with Gasteiger partial charge in [0.1, 0.15) is 0 Å². The summed E-state index contributed by atoms with van der Waals surface area (Å²) in [6.45, 7) is -0.221. The number of ether oxygens (including phenoxy) is 1. The molecule has 1 heterocycles. The molecule has 0 unspecified atom stereocenters. The Bertz CT molecular complexity index is 896. The quantitative estimate of drug-likeness (QED) is 0.596. The maximum atomic E-state index is 13.6. The number of hydrogen-bond acceptors (Lipinski definition) is 4. The lowest BCUT2D eigenvalue weighted by molar-refractivity contribution is -0.137. The van der Waals surface area contributed by atoms with Crippen molar-refractivity contribution < 1.29 is 26.8 Å². The van der Waals surface area contributed by atoms with Crippen LogP contribution >= 0.6 is 11.6 Å². The van der Waals surface area contributed by atoms with Gasteiger partial charge in [0.05, 0.1) is 5.56 Å². The van der Waals surface area contributed by atoms with Crippen LogP contribution in [0.25, 0.3) is 11.5 Å². The van der Waals surface area contributed by atoms with E-state index >= 15 is 0 Å². The maximum absolute atomic E-state index is 13.6. The number of nitrogens with zero attached hydrogens (tertiary/aromatic N) is 2. The van der Waals surface area contributed by atoms with E-state index in [0.29, 0.717) is 0 Å². The van der Waals surface area contributed by atoms with Crippen LogP contribution < -0.4 is 4.74 Å². The summed E-state index contributed by atoms with van der Waals surface area (Å²) in [6, 6.07) is 8.36. The Morgan fingerprint density at radius 3 is 2.64 bits per heavy atom. The van der Waals surface area contributed by atoms with Crippen LogP contribution in [0.15, 0.2) is 47.0 Å². The molecule has 130 valence electrons. The lowest BCUT2D eigenvalue weighted by Crippen LogP contribution is -2.04. The minimum atomic E-state index is -4.48. The highest BCUT2D eigenvalue weighted by Crippen LogP contribution is 2.31. The smallest absolute Gasteiger partial charge is 0.416 e. The molecule has 0 atom stereocenters. The summed E-state index contributed by atoms with van der Waals surface area (Å²) in [6.07, 6.45) is -4.48. The lowest BCUT2D eigenvalue weighted by atomic mass is 10.1. The monoisotopic (exact) mass is 372 g/mol. The molecule has 1 aromatic heterocycles. The molecule has 0 radical (unpaired) electrons. The molecule has 4 nitrogen and oxygen atoms in total. The van der Waals surface area contributed by atoms with E-state index in [-0.39, 0.29) is 34.7 Å². The molecule has 0 N–H and O–H groups in total. The van der Waals surface area contributed by atoms with Crippen LogP contribution in [0.4, 0.5) is 17.6 Å². The van der Waals surface area contributed by atoms with Gasteiger partial charge in [0.25, 0.3) is 5.89 Å². The van der Waals surface area contributed by atoms with Gasteiger partial charge in [-0.15, -0.1) is 0 Å². The highest BCUT2D eigenvalue weighted by atomic mass is 35.5. The molecule has 0 aliphatic heterocycles. The zero-order valence-corrected chi connectivity index (χ0v) is 13.1. The third-order valence-electron chi connectivity index (χ3n) is 3.16. The van der Waals surface area contributed by atoms with Crippen molar-refractivity contribution in [1.82, 2.24) is 10.1 Å².